The number of unbranched alkanes of at least 4 members (excludes halogenated alkanes) is 1. The molecule has 2 amide bonds. The average molecular weight is 488 g/mol. The van der Waals surface area contributed by atoms with Gasteiger partial charge < -0.3 is 15.2 Å². The Morgan fingerprint density at radius 3 is 2.39 bits per heavy atom. The molecule has 1 saturated heterocycles. The third-order valence-electron chi connectivity index (χ3n) is 6.84. The summed E-state index contributed by atoms with van der Waals surface area (Å²) in [6.45, 7) is 7.40. The zero-order valence-corrected chi connectivity index (χ0v) is 21.4. The first-order chi connectivity index (χ1) is 17.5. The minimum atomic E-state index is 0.0448. The number of amidine groups is 1. The first kappa shape index (κ1) is 25.6. The van der Waals surface area contributed by atoms with Crippen molar-refractivity contribution in [2.75, 3.05) is 26.2 Å². The van der Waals surface area contributed by atoms with E-state index < -0.39 is 0 Å². The van der Waals surface area contributed by atoms with Gasteiger partial charge in [0.1, 0.15) is 5.84 Å². The van der Waals surface area contributed by atoms with Crippen molar-refractivity contribution in [3.05, 3.63) is 59.2 Å². The minimum Gasteiger partial charge on any atom is -0.339 e. The van der Waals surface area contributed by atoms with E-state index in [1.165, 1.54) is 0 Å². The van der Waals surface area contributed by atoms with Gasteiger partial charge in [0, 0.05) is 49.3 Å². The highest BCUT2D eigenvalue weighted by Gasteiger charge is 2.22. The first-order valence-corrected chi connectivity index (χ1v) is 13.1. The van der Waals surface area contributed by atoms with Gasteiger partial charge >= 0.3 is 0 Å². The van der Waals surface area contributed by atoms with Gasteiger partial charge in [-0.2, -0.15) is 0 Å². The number of rotatable bonds is 8. The fourth-order valence-electron chi connectivity index (χ4n) is 4.81. The van der Waals surface area contributed by atoms with Gasteiger partial charge in [0.15, 0.2) is 0 Å². The third kappa shape index (κ3) is 5.85. The number of benzene rings is 2. The Bertz CT molecular complexity index is 1150. The number of carbonyl (C=O) groups excluding carboxylic acids is 2. The topological polar surface area (TPSA) is 91.0 Å². The molecule has 7 nitrogen and oxygen atoms in total. The third-order valence-corrected chi connectivity index (χ3v) is 6.84. The Balaban J connectivity index is 1.60. The first-order valence-electron chi connectivity index (χ1n) is 13.1. The number of fused-ring (bicyclic) bond motifs is 1. The van der Waals surface area contributed by atoms with E-state index in [1.54, 1.807) is 0 Å². The summed E-state index contributed by atoms with van der Waals surface area (Å²) in [5.74, 6) is 6.49. The highest BCUT2D eigenvalue weighted by atomic mass is 16.2. The van der Waals surface area contributed by atoms with Crippen LogP contribution in [-0.2, 0) is 4.79 Å². The van der Waals surface area contributed by atoms with E-state index in [4.69, 9.17) is 10.8 Å². The average Bonchev–Trinajstić information content (AvgIpc) is 3.38. The maximum atomic E-state index is 13.4. The van der Waals surface area contributed by atoms with Crippen LogP contribution in [0.3, 0.4) is 0 Å². The molecular formula is C29H37N5O2. The van der Waals surface area contributed by atoms with Crippen LogP contribution >= 0.6 is 0 Å². The van der Waals surface area contributed by atoms with E-state index in [1.807, 2.05) is 58.3 Å². The number of likely N-dealkylation sites (tertiary alicyclic amines) is 1. The Hall–Kier alpha value is -3.45. The SMILES string of the molecule is CCCCN(CCC)C(=O)C1=Cc2ccc(-c3ccc(C(=O)N4CCCC4)cc3)cc2N=C(NN)C1. The molecule has 2 aromatic rings. The second-order valence-corrected chi connectivity index (χ2v) is 9.55. The normalized spacial score (nSPS) is 15.0. The van der Waals surface area contributed by atoms with Crippen LogP contribution in [0, 0.1) is 0 Å². The van der Waals surface area contributed by atoms with E-state index >= 15 is 0 Å². The van der Waals surface area contributed by atoms with Crippen molar-refractivity contribution in [2.24, 2.45) is 10.8 Å². The number of nitrogens with two attached hydrogens (primary N) is 1. The second kappa shape index (κ2) is 12.0. The standard InChI is InChI=1S/C29H37N5O2/c1-3-5-15-33(14-4-2)29(36)25-18-24-13-12-23(19-26(24)31-27(20-25)32-30)21-8-10-22(11-9-21)28(35)34-16-6-7-17-34/h8-13,18-19H,3-7,14-17,20,30H2,1-2H3,(H,31,32). The monoisotopic (exact) mass is 487 g/mol. The summed E-state index contributed by atoms with van der Waals surface area (Å²) < 4.78 is 0. The molecule has 7 heteroatoms. The van der Waals surface area contributed by atoms with Crippen LogP contribution in [0.15, 0.2) is 53.0 Å². The number of hydrazine groups is 1. The molecule has 1 fully saturated rings. The van der Waals surface area contributed by atoms with E-state index in [9.17, 15) is 9.59 Å². The molecule has 0 atom stereocenters. The van der Waals surface area contributed by atoms with Crippen molar-refractivity contribution in [1.82, 2.24) is 15.2 Å². The summed E-state index contributed by atoms with van der Waals surface area (Å²) in [6.07, 6.45) is 7.41. The van der Waals surface area contributed by atoms with Gasteiger partial charge in [0.2, 0.25) is 5.91 Å². The molecule has 0 bridgehead atoms. The van der Waals surface area contributed by atoms with E-state index in [-0.39, 0.29) is 11.8 Å². The van der Waals surface area contributed by atoms with Crippen LogP contribution in [0.2, 0.25) is 0 Å². The summed E-state index contributed by atoms with van der Waals surface area (Å²) in [6, 6.07) is 13.8. The van der Waals surface area contributed by atoms with Gasteiger partial charge in [-0.15, -0.1) is 0 Å². The Labute approximate surface area is 214 Å². The van der Waals surface area contributed by atoms with Crippen molar-refractivity contribution in [2.45, 2.75) is 52.4 Å². The highest BCUT2D eigenvalue weighted by molar-refractivity contribution is 6.06. The van der Waals surface area contributed by atoms with Crippen LogP contribution in [0.1, 0.15) is 68.3 Å². The molecule has 2 aliphatic heterocycles. The molecule has 0 saturated carbocycles. The Morgan fingerprint density at radius 2 is 1.72 bits per heavy atom. The lowest BCUT2D eigenvalue weighted by Crippen LogP contribution is -2.36. The summed E-state index contributed by atoms with van der Waals surface area (Å²) in [5, 5.41) is 0. The van der Waals surface area contributed by atoms with E-state index in [2.05, 4.69) is 19.3 Å². The molecule has 0 radical (unpaired) electrons. The number of hydrogen-bond donors (Lipinski definition) is 2. The second-order valence-electron chi connectivity index (χ2n) is 9.55. The number of aliphatic imine (C=N–C) groups is 1. The molecule has 2 aromatic carbocycles. The van der Waals surface area contributed by atoms with Crippen LogP contribution in [0.4, 0.5) is 5.69 Å². The van der Waals surface area contributed by atoms with Gasteiger partial charge in [-0.25, -0.2) is 10.8 Å². The van der Waals surface area contributed by atoms with Gasteiger partial charge in [0.25, 0.3) is 5.91 Å². The zero-order chi connectivity index (χ0) is 25.5. The molecule has 36 heavy (non-hydrogen) atoms. The predicted octanol–water partition coefficient (Wildman–Crippen LogP) is 4.91. The van der Waals surface area contributed by atoms with Crippen LogP contribution in [-0.4, -0.2) is 53.6 Å². The number of hydrogen-bond acceptors (Lipinski definition) is 5. The van der Waals surface area contributed by atoms with Gasteiger partial charge in [-0.1, -0.05) is 44.5 Å². The molecule has 4 rings (SSSR count). The van der Waals surface area contributed by atoms with Crippen LogP contribution in [0.5, 0.6) is 0 Å². The molecular weight excluding hydrogens is 450 g/mol. The van der Waals surface area contributed by atoms with Crippen LogP contribution < -0.4 is 11.3 Å². The number of nitrogens with zero attached hydrogens (tertiary/aromatic N) is 3. The van der Waals surface area contributed by atoms with E-state index in [0.29, 0.717) is 23.4 Å². The van der Waals surface area contributed by atoms with Crippen molar-refractivity contribution < 1.29 is 9.59 Å². The fourth-order valence-corrected chi connectivity index (χ4v) is 4.81. The lowest BCUT2D eigenvalue weighted by Gasteiger charge is -2.23. The number of amides is 2. The Kier molecular flexibility index (Phi) is 8.54. The molecule has 0 unspecified atom stereocenters. The van der Waals surface area contributed by atoms with Crippen molar-refractivity contribution in [3.63, 3.8) is 0 Å². The smallest absolute Gasteiger partial charge is 0.253 e. The number of carbonyl (C=O) groups is 2. The maximum Gasteiger partial charge on any atom is 0.253 e. The summed E-state index contributed by atoms with van der Waals surface area (Å²) >= 11 is 0. The minimum absolute atomic E-state index is 0.0448. The quantitative estimate of drug-likeness (QED) is 0.409. The Morgan fingerprint density at radius 1 is 1.00 bits per heavy atom. The highest BCUT2D eigenvalue weighted by Crippen LogP contribution is 2.32. The lowest BCUT2D eigenvalue weighted by atomic mass is 9.99. The lowest BCUT2D eigenvalue weighted by molar-refractivity contribution is -0.127. The van der Waals surface area contributed by atoms with Gasteiger partial charge in [-0.05, 0) is 61.1 Å². The largest absolute Gasteiger partial charge is 0.339 e. The molecule has 0 aliphatic carbocycles. The van der Waals surface area contributed by atoms with Gasteiger partial charge in [-0.3, -0.25) is 9.59 Å². The molecule has 0 aromatic heterocycles. The van der Waals surface area contributed by atoms with Crippen molar-refractivity contribution in [1.29, 1.82) is 0 Å². The summed E-state index contributed by atoms with van der Waals surface area (Å²) in [7, 11) is 0. The summed E-state index contributed by atoms with van der Waals surface area (Å²) in [5.41, 5.74) is 7.74. The fraction of sp³-hybridized carbons (Fsp3) is 0.414. The maximum absolute atomic E-state index is 13.4. The molecule has 0 spiro atoms. The van der Waals surface area contributed by atoms with E-state index in [0.717, 1.165) is 80.7 Å². The summed E-state index contributed by atoms with van der Waals surface area (Å²) in [4.78, 5) is 34.7. The van der Waals surface area contributed by atoms with Crippen molar-refractivity contribution >= 4 is 29.4 Å². The molecule has 2 heterocycles. The molecule has 2 aliphatic rings. The van der Waals surface area contributed by atoms with Gasteiger partial charge in [0.05, 0.1) is 5.69 Å². The van der Waals surface area contributed by atoms with Crippen molar-refractivity contribution in [3.8, 4) is 11.1 Å². The van der Waals surface area contributed by atoms with Crippen LogP contribution in [0.25, 0.3) is 17.2 Å². The predicted molar refractivity (Wildman–Crippen MR) is 146 cm³/mol. The number of nitrogens with one attached hydrogen (secondary N) is 1. The molecule has 190 valence electrons. The molecule has 3 N–H and O–H groups in total. The zero-order valence-electron chi connectivity index (χ0n) is 21.4.